The van der Waals surface area contributed by atoms with Gasteiger partial charge in [0.2, 0.25) is 5.79 Å². The number of alkyl halides is 1. The molecule has 82 valence electrons. The minimum absolute atomic E-state index is 0.252. The summed E-state index contributed by atoms with van der Waals surface area (Å²) >= 11 is 3.65. The van der Waals surface area contributed by atoms with Crippen molar-refractivity contribution in [3.05, 3.63) is 35.9 Å². The van der Waals surface area contributed by atoms with Gasteiger partial charge in [-0.05, 0) is 13.8 Å². The topological polar surface area (TPSA) is 18.5 Å². The fourth-order valence-corrected chi connectivity index (χ4v) is 2.38. The molecule has 1 saturated heterocycles. The maximum absolute atomic E-state index is 5.82. The molecule has 0 aromatic heterocycles. The zero-order valence-electron chi connectivity index (χ0n) is 9.00. The van der Waals surface area contributed by atoms with Gasteiger partial charge in [-0.3, -0.25) is 0 Å². The Kier molecular flexibility index (Phi) is 2.88. The Hall–Kier alpha value is -0.380. The van der Waals surface area contributed by atoms with E-state index in [-0.39, 0.29) is 4.32 Å². The van der Waals surface area contributed by atoms with Crippen molar-refractivity contribution in [1.82, 2.24) is 0 Å². The molecule has 0 radical (unpaired) electrons. The highest BCUT2D eigenvalue weighted by molar-refractivity contribution is 9.10. The molecule has 3 heteroatoms. The van der Waals surface area contributed by atoms with Crippen LogP contribution in [0, 0.1) is 0 Å². The Balaban J connectivity index is 2.44. The Morgan fingerprint density at radius 1 is 1.13 bits per heavy atom. The van der Waals surface area contributed by atoms with Crippen LogP contribution in [0.2, 0.25) is 0 Å². The first kappa shape index (κ1) is 11.1. The summed E-state index contributed by atoms with van der Waals surface area (Å²) in [5, 5.41) is 0. The van der Waals surface area contributed by atoms with Crippen molar-refractivity contribution in [1.29, 1.82) is 0 Å². The van der Waals surface area contributed by atoms with Gasteiger partial charge in [-0.25, -0.2) is 0 Å². The SMILES string of the molecule is CC(C)(Br)C1(c2ccccc2)OCCO1. The molecule has 1 aliphatic heterocycles. The second-order valence-electron chi connectivity index (χ2n) is 4.15. The maximum atomic E-state index is 5.82. The van der Waals surface area contributed by atoms with Crippen molar-refractivity contribution in [3.8, 4) is 0 Å². The number of ether oxygens (including phenoxy) is 2. The molecule has 0 unspecified atom stereocenters. The Bertz CT molecular complexity index is 323. The summed E-state index contributed by atoms with van der Waals surface area (Å²) in [6.45, 7) is 5.41. The average molecular weight is 271 g/mol. The van der Waals surface area contributed by atoms with Gasteiger partial charge in [0.25, 0.3) is 0 Å². The Morgan fingerprint density at radius 2 is 1.67 bits per heavy atom. The lowest BCUT2D eigenvalue weighted by Gasteiger charge is -2.38. The van der Waals surface area contributed by atoms with Gasteiger partial charge in [-0.1, -0.05) is 46.3 Å². The van der Waals surface area contributed by atoms with E-state index < -0.39 is 5.79 Å². The number of halogens is 1. The number of benzene rings is 1. The van der Waals surface area contributed by atoms with Crippen LogP contribution in [0.4, 0.5) is 0 Å². The van der Waals surface area contributed by atoms with E-state index in [1.807, 2.05) is 30.3 Å². The fourth-order valence-electron chi connectivity index (χ4n) is 1.92. The summed E-state index contributed by atoms with van der Waals surface area (Å²) in [5.74, 6) is -0.658. The lowest BCUT2D eigenvalue weighted by atomic mass is 9.94. The number of hydrogen-bond donors (Lipinski definition) is 0. The van der Waals surface area contributed by atoms with Crippen molar-refractivity contribution in [2.24, 2.45) is 0 Å². The molecule has 15 heavy (non-hydrogen) atoms. The van der Waals surface area contributed by atoms with Crippen LogP contribution in [-0.2, 0) is 15.3 Å². The van der Waals surface area contributed by atoms with Crippen LogP contribution < -0.4 is 0 Å². The minimum atomic E-state index is -0.658. The molecule has 0 saturated carbocycles. The third-order valence-electron chi connectivity index (χ3n) is 2.63. The van der Waals surface area contributed by atoms with E-state index in [9.17, 15) is 0 Å². The lowest BCUT2D eigenvalue weighted by Crippen LogP contribution is -2.44. The summed E-state index contributed by atoms with van der Waals surface area (Å²) in [4.78, 5) is 0. The predicted octanol–water partition coefficient (Wildman–Crippen LogP) is 3.06. The monoisotopic (exact) mass is 270 g/mol. The molecule has 2 rings (SSSR count). The van der Waals surface area contributed by atoms with E-state index in [0.29, 0.717) is 13.2 Å². The van der Waals surface area contributed by atoms with Crippen LogP contribution in [-0.4, -0.2) is 17.5 Å². The number of rotatable bonds is 2. The van der Waals surface area contributed by atoms with Crippen LogP contribution in [0.5, 0.6) is 0 Å². The third-order valence-corrected chi connectivity index (χ3v) is 3.15. The fraction of sp³-hybridized carbons (Fsp3) is 0.500. The zero-order chi connectivity index (χ0) is 10.9. The van der Waals surface area contributed by atoms with Gasteiger partial charge in [0.15, 0.2) is 0 Å². The van der Waals surface area contributed by atoms with Crippen LogP contribution >= 0.6 is 15.9 Å². The van der Waals surface area contributed by atoms with Crippen molar-refractivity contribution in [2.75, 3.05) is 13.2 Å². The second-order valence-corrected chi connectivity index (χ2v) is 6.13. The maximum Gasteiger partial charge on any atom is 0.210 e. The van der Waals surface area contributed by atoms with Gasteiger partial charge >= 0.3 is 0 Å². The van der Waals surface area contributed by atoms with Gasteiger partial charge in [0, 0.05) is 5.56 Å². The van der Waals surface area contributed by atoms with Crippen molar-refractivity contribution in [3.63, 3.8) is 0 Å². The summed E-state index contributed by atoms with van der Waals surface area (Å²) in [6, 6.07) is 10.1. The van der Waals surface area contributed by atoms with Gasteiger partial charge in [0.05, 0.1) is 17.5 Å². The van der Waals surface area contributed by atoms with Gasteiger partial charge in [-0.15, -0.1) is 0 Å². The molecule has 0 aliphatic carbocycles. The van der Waals surface area contributed by atoms with E-state index in [1.165, 1.54) is 0 Å². The molecule has 1 fully saturated rings. The van der Waals surface area contributed by atoms with Crippen molar-refractivity contribution < 1.29 is 9.47 Å². The van der Waals surface area contributed by atoms with Gasteiger partial charge in [-0.2, -0.15) is 0 Å². The van der Waals surface area contributed by atoms with Gasteiger partial charge in [0.1, 0.15) is 0 Å². The first-order valence-corrected chi connectivity index (χ1v) is 5.88. The van der Waals surface area contributed by atoms with E-state index in [1.54, 1.807) is 0 Å². The van der Waals surface area contributed by atoms with Crippen molar-refractivity contribution in [2.45, 2.75) is 24.0 Å². The quantitative estimate of drug-likeness (QED) is 0.770. The molecule has 1 aromatic carbocycles. The summed E-state index contributed by atoms with van der Waals surface area (Å²) in [7, 11) is 0. The highest BCUT2D eigenvalue weighted by Gasteiger charge is 2.50. The molecular weight excluding hydrogens is 256 g/mol. The molecule has 1 aliphatic rings. The highest BCUT2D eigenvalue weighted by Crippen LogP contribution is 2.45. The van der Waals surface area contributed by atoms with Gasteiger partial charge < -0.3 is 9.47 Å². The molecule has 1 heterocycles. The van der Waals surface area contributed by atoms with E-state index in [2.05, 4.69) is 29.8 Å². The molecular formula is C12H15BrO2. The Labute approximate surface area is 98.7 Å². The first-order valence-electron chi connectivity index (χ1n) is 5.09. The molecule has 2 nitrogen and oxygen atoms in total. The van der Waals surface area contributed by atoms with E-state index in [0.717, 1.165) is 5.56 Å². The standard InChI is InChI=1S/C12H15BrO2/c1-11(2,13)12(14-8-9-15-12)10-6-4-3-5-7-10/h3-7H,8-9H2,1-2H3. The van der Waals surface area contributed by atoms with Crippen LogP contribution in [0.1, 0.15) is 19.4 Å². The van der Waals surface area contributed by atoms with E-state index in [4.69, 9.17) is 9.47 Å². The zero-order valence-corrected chi connectivity index (χ0v) is 10.6. The van der Waals surface area contributed by atoms with Crippen LogP contribution in [0.15, 0.2) is 30.3 Å². The normalized spacial score (nSPS) is 20.5. The average Bonchev–Trinajstić information content (AvgIpc) is 2.68. The highest BCUT2D eigenvalue weighted by atomic mass is 79.9. The molecule has 1 aromatic rings. The summed E-state index contributed by atoms with van der Waals surface area (Å²) in [5.41, 5.74) is 1.06. The molecule has 0 bridgehead atoms. The minimum Gasteiger partial charge on any atom is -0.342 e. The first-order chi connectivity index (χ1) is 7.06. The summed E-state index contributed by atoms with van der Waals surface area (Å²) < 4.78 is 11.4. The third kappa shape index (κ3) is 1.84. The molecule has 0 atom stereocenters. The van der Waals surface area contributed by atoms with Crippen LogP contribution in [0.3, 0.4) is 0 Å². The smallest absolute Gasteiger partial charge is 0.210 e. The Morgan fingerprint density at radius 3 is 2.13 bits per heavy atom. The van der Waals surface area contributed by atoms with E-state index >= 15 is 0 Å². The molecule has 0 amide bonds. The second kappa shape index (κ2) is 3.89. The van der Waals surface area contributed by atoms with Crippen LogP contribution in [0.25, 0.3) is 0 Å². The van der Waals surface area contributed by atoms with Crippen molar-refractivity contribution >= 4 is 15.9 Å². The lowest BCUT2D eigenvalue weighted by molar-refractivity contribution is -0.183. The largest absolute Gasteiger partial charge is 0.342 e. The summed E-state index contributed by atoms with van der Waals surface area (Å²) in [6.07, 6.45) is 0. The molecule has 0 spiro atoms. The number of hydrogen-bond acceptors (Lipinski definition) is 2. The molecule has 0 N–H and O–H groups in total. The predicted molar refractivity (Wildman–Crippen MR) is 63.0 cm³/mol.